The van der Waals surface area contributed by atoms with E-state index >= 15 is 0 Å². The number of rotatable bonds is 1. The first kappa shape index (κ1) is 7.60. The van der Waals surface area contributed by atoms with Crippen molar-refractivity contribution >= 4 is 0 Å². The van der Waals surface area contributed by atoms with Crippen LogP contribution >= 0.6 is 0 Å². The van der Waals surface area contributed by atoms with Crippen LogP contribution in [0.4, 0.5) is 0 Å². The third-order valence-electron chi connectivity index (χ3n) is 3.71. The van der Waals surface area contributed by atoms with E-state index in [0.717, 1.165) is 17.9 Å². The molecule has 2 fully saturated rings. The molecule has 3 unspecified atom stereocenters. The highest BCUT2D eigenvalue weighted by Gasteiger charge is 2.39. The summed E-state index contributed by atoms with van der Waals surface area (Å²) < 4.78 is 0. The lowest BCUT2D eigenvalue weighted by Crippen LogP contribution is -2.31. The molecule has 1 heteroatoms. The van der Waals surface area contributed by atoms with Crippen LogP contribution in [0.3, 0.4) is 0 Å². The Balaban J connectivity index is 2.03. The molecule has 0 aliphatic heterocycles. The van der Waals surface area contributed by atoms with Crippen LogP contribution in [0.15, 0.2) is 0 Å². The first-order chi connectivity index (χ1) is 5.29. The van der Waals surface area contributed by atoms with E-state index in [2.05, 4.69) is 19.0 Å². The maximum atomic E-state index is 2.44. The van der Waals surface area contributed by atoms with Crippen molar-refractivity contribution in [1.29, 1.82) is 0 Å². The van der Waals surface area contributed by atoms with Gasteiger partial charge in [-0.25, -0.2) is 0 Å². The summed E-state index contributed by atoms with van der Waals surface area (Å²) in [5.74, 6) is 2.16. The second-order valence-corrected chi connectivity index (χ2v) is 4.46. The molecule has 0 saturated heterocycles. The first-order valence-electron chi connectivity index (χ1n) is 4.95. The average molecular weight is 153 g/mol. The summed E-state index contributed by atoms with van der Waals surface area (Å²) >= 11 is 0. The second kappa shape index (κ2) is 2.78. The van der Waals surface area contributed by atoms with Crippen LogP contribution < -0.4 is 0 Å². The number of fused-ring (bicyclic) bond motifs is 1. The smallest absolute Gasteiger partial charge is 0.0120 e. The predicted octanol–water partition coefficient (Wildman–Crippen LogP) is 2.13. The molecule has 0 bridgehead atoms. The Hall–Kier alpha value is -0.0400. The summed E-state index contributed by atoms with van der Waals surface area (Å²) in [6.07, 6.45) is 7.50. The van der Waals surface area contributed by atoms with Gasteiger partial charge < -0.3 is 4.90 Å². The molecule has 0 aromatic heterocycles. The Morgan fingerprint density at radius 1 is 1.00 bits per heavy atom. The van der Waals surface area contributed by atoms with E-state index < -0.39 is 0 Å². The van der Waals surface area contributed by atoms with Gasteiger partial charge in [0.05, 0.1) is 0 Å². The van der Waals surface area contributed by atoms with Gasteiger partial charge in [-0.3, -0.25) is 0 Å². The molecule has 2 aliphatic rings. The fraction of sp³-hybridized carbons (Fsp3) is 1.00. The monoisotopic (exact) mass is 153 g/mol. The Bertz CT molecular complexity index is 142. The van der Waals surface area contributed by atoms with E-state index in [4.69, 9.17) is 0 Å². The highest BCUT2D eigenvalue weighted by molar-refractivity contribution is 4.92. The fourth-order valence-corrected chi connectivity index (χ4v) is 3.17. The van der Waals surface area contributed by atoms with Gasteiger partial charge in [-0.1, -0.05) is 12.8 Å². The van der Waals surface area contributed by atoms with Crippen molar-refractivity contribution in [2.24, 2.45) is 11.8 Å². The van der Waals surface area contributed by atoms with E-state index in [9.17, 15) is 0 Å². The van der Waals surface area contributed by atoms with E-state index in [-0.39, 0.29) is 0 Å². The minimum Gasteiger partial charge on any atom is -0.306 e. The molecule has 2 saturated carbocycles. The summed E-state index contributed by atoms with van der Waals surface area (Å²) in [7, 11) is 4.48. The number of hydrogen-bond acceptors (Lipinski definition) is 1. The molecule has 0 radical (unpaired) electrons. The Labute approximate surface area is 69.8 Å². The highest BCUT2D eigenvalue weighted by atomic mass is 15.1. The topological polar surface area (TPSA) is 3.24 Å². The second-order valence-electron chi connectivity index (χ2n) is 4.46. The quantitative estimate of drug-likeness (QED) is 0.558. The van der Waals surface area contributed by atoms with Crippen LogP contribution in [-0.4, -0.2) is 25.0 Å². The van der Waals surface area contributed by atoms with Crippen LogP contribution in [0.5, 0.6) is 0 Å². The fourth-order valence-electron chi connectivity index (χ4n) is 3.17. The zero-order valence-electron chi connectivity index (χ0n) is 7.71. The van der Waals surface area contributed by atoms with Gasteiger partial charge >= 0.3 is 0 Å². The molecule has 3 atom stereocenters. The largest absolute Gasteiger partial charge is 0.306 e. The van der Waals surface area contributed by atoms with Crippen LogP contribution in [-0.2, 0) is 0 Å². The van der Waals surface area contributed by atoms with Gasteiger partial charge in [-0.2, -0.15) is 0 Å². The minimum absolute atomic E-state index is 0.919. The molecule has 0 N–H and O–H groups in total. The summed E-state index contributed by atoms with van der Waals surface area (Å²) in [5, 5.41) is 0. The Kier molecular flexibility index (Phi) is 1.92. The molecule has 64 valence electrons. The van der Waals surface area contributed by atoms with E-state index in [1.807, 2.05) is 0 Å². The minimum atomic E-state index is 0.919. The zero-order valence-corrected chi connectivity index (χ0v) is 7.71. The van der Waals surface area contributed by atoms with Gasteiger partial charge in [0, 0.05) is 6.04 Å². The van der Waals surface area contributed by atoms with Crippen molar-refractivity contribution in [3.05, 3.63) is 0 Å². The van der Waals surface area contributed by atoms with E-state index in [1.165, 1.54) is 32.1 Å². The lowest BCUT2D eigenvalue weighted by atomic mass is 9.97. The van der Waals surface area contributed by atoms with Gasteiger partial charge in [-0.15, -0.1) is 0 Å². The van der Waals surface area contributed by atoms with Crippen molar-refractivity contribution in [2.45, 2.75) is 38.1 Å². The molecule has 0 aromatic carbocycles. The van der Waals surface area contributed by atoms with Crippen molar-refractivity contribution in [3.8, 4) is 0 Å². The van der Waals surface area contributed by atoms with Gasteiger partial charge in [0.2, 0.25) is 0 Å². The van der Waals surface area contributed by atoms with Crippen molar-refractivity contribution in [3.63, 3.8) is 0 Å². The maximum Gasteiger partial charge on any atom is 0.0120 e. The van der Waals surface area contributed by atoms with Gasteiger partial charge in [-0.05, 0) is 45.2 Å². The first-order valence-corrected chi connectivity index (χ1v) is 4.95. The summed E-state index contributed by atoms with van der Waals surface area (Å²) in [5.41, 5.74) is 0. The third-order valence-corrected chi connectivity index (χ3v) is 3.71. The van der Waals surface area contributed by atoms with Crippen LogP contribution in [0, 0.1) is 11.8 Å². The predicted molar refractivity (Wildman–Crippen MR) is 47.5 cm³/mol. The molecule has 0 heterocycles. The average Bonchev–Trinajstić information content (AvgIpc) is 2.41. The third kappa shape index (κ3) is 1.20. The van der Waals surface area contributed by atoms with Gasteiger partial charge in [0.15, 0.2) is 0 Å². The van der Waals surface area contributed by atoms with Crippen LogP contribution in [0.25, 0.3) is 0 Å². The van der Waals surface area contributed by atoms with Crippen molar-refractivity contribution in [2.75, 3.05) is 14.1 Å². The Morgan fingerprint density at radius 3 is 2.55 bits per heavy atom. The molecule has 0 aromatic rings. The SMILES string of the molecule is CN(C)C1CCC2CCCC21. The molecule has 1 nitrogen and oxygen atoms in total. The Morgan fingerprint density at radius 2 is 1.82 bits per heavy atom. The van der Waals surface area contributed by atoms with Crippen molar-refractivity contribution < 1.29 is 0 Å². The highest BCUT2D eigenvalue weighted by Crippen LogP contribution is 2.45. The lowest BCUT2D eigenvalue weighted by Gasteiger charge is -2.25. The molecular formula is C10H19N. The van der Waals surface area contributed by atoms with Crippen molar-refractivity contribution in [1.82, 2.24) is 4.90 Å². The lowest BCUT2D eigenvalue weighted by molar-refractivity contribution is 0.226. The van der Waals surface area contributed by atoms with Crippen LogP contribution in [0.1, 0.15) is 32.1 Å². The molecule has 2 rings (SSSR count). The van der Waals surface area contributed by atoms with E-state index in [1.54, 1.807) is 0 Å². The van der Waals surface area contributed by atoms with Gasteiger partial charge in [0.1, 0.15) is 0 Å². The number of hydrogen-bond donors (Lipinski definition) is 0. The maximum absolute atomic E-state index is 2.44. The van der Waals surface area contributed by atoms with E-state index in [0.29, 0.717) is 0 Å². The summed E-state index contributed by atoms with van der Waals surface area (Å²) in [6, 6.07) is 0.919. The zero-order chi connectivity index (χ0) is 7.84. The molecule has 0 amide bonds. The molecular weight excluding hydrogens is 134 g/mol. The molecule has 0 spiro atoms. The van der Waals surface area contributed by atoms with Gasteiger partial charge in [0.25, 0.3) is 0 Å². The normalized spacial score (nSPS) is 43.4. The number of nitrogens with zero attached hydrogens (tertiary/aromatic N) is 1. The summed E-state index contributed by atoms with van der Waals surface area (Å²) in [6.45, 7) is 0. The van der Waals surface area contributed by atoms with Crippen LogP contribution in [0.2, 0.25) is 0 Å². The standard InChI is InChI=1S/C10H19N/c1-11(2)10-7-6-8-4-3-5-9(8)10/h8-10H,3-7H2,1-2H3. The molecule has 2 aliphatic carbocycles. The summed E-state index contributed by atoms with van der Waals surface area (Å²) in [4.78, 5) is 2.44. The molecule has 11 heavy (non-hydrogen) atoms.